The van der Waals surface area contributed by atoms with Crippen LogP contribution in [-0.4, -0.2) is 43.5 Å². The van der Waals surface area contributed by atoms with Crippen LogP contribution >= 0.6 is 0 Å². The van der Waals surface area contributed by atoms with Gasteiger partial charge in [-0.05, 0) is 12.3 Å². The first-order chi connectivity index (χ1) is 5.58. The van der Waals surface area contributed by atoms with Gasteiger partial charge in [-0.1, -0.05) is 0 Å². The fourth-order valence-corrected chi connectivity index (χ4v) is 1.30. The van der Waals surface area contributed by atoms with Gasteiger partial charge in [0, 0.05) is 6.54 Å². The largest absolute Gasteiger partial charge is 1.00 e. The van der Waals surface area contributed by atoms with Crippen LogP contribution in [0.2, 0.25) is 0 Å². The van der Waals surface area contributed by atoms with Crippen LogP contribution < -0.4 is 29.6 Å². The summed E-state index contributed by atoms with van der Waals surface area (Å²) in [6.45, 7) is 1.09. The Labute approximate surface area is 99.8 Å². The fraction of sp³-hybridized carbons (Fsp3) is 0.667. The molecule has 0 saturated heterocycles. The van der Waals surface area contributed by atoms with Crippen molar-refractivity contribution in [1.82, 2.24) is 4.90 Å². The van der Waals surface area contributed by atoms with Gasteiger partial charge in [0.05, 0.1) is 22.5 Å². The predicted octanol–water partition coefficient (Wildman–Crippen LogP) is -3.66. The summed E-state index contributed by atoms with van der Waals surface area (Å²) < 4.78 is 35.7. The van der Waals surface area contributed by atoms with Crippen molar-refractivity contribution in [3.8, 4) is 0 Å². The van der Waals surface area contributed by atoms with Crippen LogP contribution in [0.1, 0.15) is 0 Å². The van der Waals surface area contributed by atoms with E-state index in [1.807, 2.05) is 0 Å². The zero-order chi connectivity index (χ0) is 9.03. The van der Waals surface area contributed by atoms with Crippen LogP contribution in [0.25, 0.3) is 0 Å². The summed E-state index contributed by atoms with van der Waals surface area (Å²) in [5.41, 5.74) is 0. The Hall–Kier alpha value is 0.410. The molecule has 0 N–H and O–H groups in total. The summed E-state index contributed by atoms with van der Waals surface area (Å²) in [5.74, 6) is -0.374. The first kappa shape index (κ1) is 13.4. The van der Waals surface area contributed by atoms with Gasteiger partial charge in [-0.2, -0.15) is 0 Å². The molecule has 0 radical (unpaired) electrons. The normalized spacial score (nSPS) is 16.8. The second-order valence-electron chi connectivity index (χ2n) is 2.46. The molecule has 70 valence electrons. The monoisotopic (exact) mass is 215 g/mol. The van der Waals surface area contributed by atoms with E-state index in [4.69, 9.17) is 4.74 Å². The van der Waals surface area contributed by atoms with Crippen LogP contribution in [0.3, 0.4) is 0 Å². The van der Waals surface area contributed by atoms with Crippen molar-refractivity contribution in [2.45, 2.75) is 0 Å². The first-order valence-electron chi connectivity index (χ1n) is 3.50. The maximum Gasteiger partial charge on any atom is 1.00 e. The molecule has 5 nitrogen and oxygen atoms in total. The van der Waals surface area contributed by atoms with Gasteiger partial charge in [-0.15, -0.1) is 0 Å². The SMILES string of the molecule is O=S(=O)([O-])CCN1C=CCOC1.[Na+]. The molecule has 0 unspecified atom stereocenters. The van der Waals surface area contributed by atoms with E-state index in [2.05, 4.69) is 0 Å². The standard InChI is InChI=1S/C6H11NO4S.Na/c8-12(9,10)5-3-7-2-1-4-11-6-7;/h1-2H,3-6H2,(H,8,9,10);/q;+1/p-1. The third kappa shape index (κ3) is 6.48. The molecule has 0 bridgehead atoms. The van der Waals surface area contributed by atoms with Gasteiger partial charge >= 0.3 is 29.6 Å². The molecule has 0 aliphatic carbocycles. The Kier molecular flexibility index (Phi) is 6.19. The smallest absolute Gasteiger partial charge is 0.748 e. The Morgan fingerprint density at radius 1 is 1.54 bits per heavy atom. The van der Waals surface area contributed by atoms with E-state index < -0.39 is 10.1 Å². The van der Waals surface area contributed by atoms with E-state index in [0.717, 1.165) is 0 Å². The molecule has 1 rings (SSSR count). The molecule has 0 amide bonds. The minimum Gasteiger partial charge on any atom is -0.748 e. The molecule has 0 aromatic rings. The van der Waals surface area contributed by atoms with Gasteiger partial charge in [0.2, 0.25) is 0 Å². The second-order valence-corrected chi connectivity index (χ2v) is 3.98. The van der Waals surface area contributed by atoms with E-state index in [-0.39, 0.29) is 41.9 Å². The molecule has 1 heterocycles. The third-order valence-corrected chi connectivity index (χ3v) is 2.10. The molecule has 13 heavy (non-hydrogen) atoms. The van der Waals surface area contributed by atoms with Crippen LogP contribution in [0.4, 0.5) is 0 Å². The van der Waals surface area contributed by atoms with Crippen LogP contribution in [0.5, 0.6) is 0 Å². The summed E-state index contributed by atoms with van der Waals surface area (Å²) in [5, 5.41) is 0. The third-order valence-electron chi connectivity index (χ3n) is 1.42. The summed E-state index contributed by atoms with van der Waals surface area (Å²) in [4.78, 5) is 1.64. The zero-order valence-corrected chi connectivity index (χ0v) is 10.3. The van der Waals surface area contributed by atoms with Gasteiger partial charge < -0.3 is 14.2 Å². The summed E-state index contributed by atoms with van der Waals surface area (Å²) in [6, 6.07) is 0. The summed E-state index contributed by atoms with van der Waals surface area (Å²) in [7, 11) is -4.10. The summed E-state index contributed by atoms with van der Waals surface area (Å²) >= 11 is 0. The van der Waals surface area contributed by atoms with Gasteiger partial charge in [0.15, 0.2) is 0 Å². The Morgan fingerprint density at radius 2 is 2.23 bits per heavy atom. The molecule has 1 aliphatic heterocycles. The molecule has 0 atom stereocenters. The minimum absolute atomic E-state index is 0. The molecule has 0 saturated carbocycles. The maximum atomic E-state index is 10.2. The zero-order valence-electron chi connectivity index (χ0n) is 7.47. The van der Waals surface area contributed by atoms with Crippen molar-refractivity contribution in [2.24, 2.45) is 0 Å². The number of ether oxygens (including phenoxy) is 1. The molecule has 0 spiro atoms. The topological polar surface area (TPSA) is 69.7 Å². The number of nitrogens with zero attached hydrogens (tertiary/aromatic N) is 1. The molecule has 0 aromatic carbocycles. The van der Waals surface area contributed by atoms with Crippen molar-refractivity contribution in [2.75, 3.05) is 25.6 Å². The summed E-state index contributed by atoms with van der Waals surface area (Å²) in [6.07, 6.45) is 3.50. The average Bonchev–Trinajstić information content (AvgIpc) is 2.02. The van der Waals surface area contributed by atoms with E-state index in [1.54, 1.807) is 17.2 Å². The number of hydrogen-bond acceptors (Lipinski definition) is 5. The van der Waals surface area contributed by atoms with Crippen molar-refractivity contribution < 1.29 is 47.3 Å². The minimum atomic E-state index is -4.10. The van der Waals surface area contributed by atoms with E-state index in [9.17, 15) is 13.0 Å². The Morgan fingerprint density at radius 3 is 2.69 bits per heavy atom. The quantitative estimate of drug-likeness (QED) is 0.358. The first-order valence-corrected chi connectivity index (χ1v) is 5.08. The molecular weight excluding hydrogens is 205 g/mol. The molecular formula is C6H10NNaO4S. The van der Waals surface area contributed by atoms with Crippen LogP contribution in [0, 0.1) is 0 Å². The maximum absolute atomic E-state index is 10.2. The van der Waals surface area contributed by atoms with Gasteiger partial charge in [-0.3, -0.25) is 0 Å². The van der Waals surface area contributed by atoms with Crippen molar-refractivity contribution in [1.29, 1.82) is 0 Å². The van der Waals surface area contributed by atoms with Crippen LogP contribution in [-0.2, 0) is 14.9 Å². The van der Waals surface area contributed by atoms with Gasteiger partial charge in [-0.25, -0.2) is 8.42 Å². The number of hydrogen-bond donors (Lipinski definition) is 0. The molecule has 0 fully saturated rings. The van der Waals surface area contributed by atoms with Gasteiger partial charge in [0.25, 0.3) is 0 Å². The molecule has 0 aromatic heterocycles. The fourth-order valence-electron chi connectivity index (χ4n) is 0.841. The average molecular weight is 215 g/mol. The van der Waals surface area contributed by atoms with Crippen molar-refractivity contribution in [3.05, 3.63) is 12.3 Å². The predicted molar refractivity (Wildman–Crippen MR) is 41.2 cm³/mol. The Balaban J connectivity index is 0.00000144. The van der Waals surface area contributed by atoms with Crippen LogP contribution in [0.15, 0.2) is 12.3 Å². The van der Waals surface area contributed by atoms with E-state index in [1.165, 1.54) is 0 Å². The number of rotatable bonds is 3. The van der Waals surface area contributed by atoms with Crippen molar-refractivity contribution in [3.63, 3.8) is 0 Å². The Bertz CT molecular complexity index is 264. The molecule has 7 heteroatoms. The molecule has 1 aliphatic rings. The van der Waals surface area contributed by atoms with E-state index in [0.29, 0.717) is 13.3 Å². The van der Waals surface area contributed by atoms with Gasteiger partial charge in [0.1, 0.15) is 6.73 Å². The van der Waals surface area contributed by atoms with Crippen molar-refractivity contribution >= 4 is 10.1 Å². The second kappa shape index (κ2) is 6.00. The van der Waals surface area contributed by atoms with E-state index >= 15 is 0 Å².